The normalized spacial score (nSPS) is 13.5. The van der Waals surface area contributed by atoms with Crippen LogP contribution in [0.2, 0.25) is 0 Å². The van der Waals surface area contributed by atoms with Crippen LogP contribution in [0.5, 0.6) is 0 Å². The Kier molecular flexibility index (Phi) is 48.3. The number of hydrogen-bond acceptors (Lipinski definition) is 3. The lowest BCUT2D eigenvalue weighted by molar-refractivity contribution is -0.123. The van der Waals surface area contributed by atoms with Crippen molar-refractivity contribution >= 4 is 5.91 Å². The first-order valence-electron chi connectivity index (χ1n) is 25.6. The maximum Gasteiger partial charge on any atom is 0.220 e. The van der Waals surface area contributed by atoms with Gasteiger partial charge in [-0.05, 0) is 64.2 Å². The molecule has 0 aromatic carbocycles. The second kappa shape index (κ2) is 50.2. The largest absolute Gasteiger partial charge is 0.394 e. The lowest BCUT2D eigenvalue weighted by atomic mass is 10.0. The van der Waals surface area contributed by atoms with Crippen molar-refractivity contribution in [1.29, 1.82) is 0 Å². The number of hydrogen-bond donors (Lipinski definition) is 3. The van der Waals surface area contributed by atoms with Crippen molar-refractivity contribution in [2.75, 3.05) is 6.61 Å². The summed E-state index contributed by atoms with van der Waals surface area (Å²) in [6.45, 7) is 4.23. The molecule has 3 N–H and O–H groups in total. The average molecular weight is 822 g/mol. The summed E-state index contributed by atoms with van der Waals surface area (Å²) in [5.41, 5.74) is 0. The van der Waals surface area contributed by atoms with Crippen LogP contribution in [-0.4, -0.2) is 34.9 Å². The molecule has 0 spiro atoms. The van der Waals surface area contributed by atoms with Crippen molar-refractivity contribution in [3.05, 3.63) is 72.9 Å². The Bertz CT molecular complexity index is 1020. The number of allylic oxidation sites excluding steroid dienone is 12. The van der Waals surface area contributed by atoms with Gasteiger partial charge in [0.2, 0.25) is 5.91 Å². The molecule has 59 heavy (non-hydrogen) atoms. The van der Waals surface area contributed by atoms with E-state index in [1.807, 2.05) is 0 Å². The summed E-state index contributed by atoms with van der Waals surface area (Å²) in [6.07, 6.45) is 71.6. The lowest BCUT2D eigenvalue weighted by Crippen LogP contribution is -2.45. The molecule has 0 saturated carbocycles. The van der Waals surface area contributed by atoms with Crippen LogP contribution in [-0.2, 0) is 4.79 Å². The molecule has 4 heteroatoms. The standard InChI is InChI=1S/C55H99NO3/c1-3-5-7-9-11-13-15-16-17-18-19-20-21-22-23-24-25-26-27-28-29-30-31-32-33-34-35-36-37-38-39-40-41-43-45-47-49-51-55(59)56-53(52-57)54(58)50-48-46-44-42-14-12-10-8-6-4-2/h5,7,11,13,16-17,19-20,22-23,25-26,53-54,57-58H,3-4,6,8-10,12,14-15,18,21,24,27-52H2,1-2H3,(H,56,59)/b7-5-,13-11-,17-16-,20-19-,23-22-,26-25-. The van der Waals surface area contributed by atoms with Gasteiger partial charge in [-0.3, -0.25) is 4.79 Å². The van der Waals surface area contributed by atoms with Crippen molar-refractivity contribution in [1.82, 2.24) is 5.32 Å². The monoisotopic (exact) mass is 822 g/mol. The summed E-state index contributed by atoms with van der Waals surface area (Å²) in [6, 6.07) is -0.535. The molecule has 2 unspecified atom stereocenters. The highest BCUT2D eigenvalue weighted by Crippen LogP contribution is 2.16. The fraction of sp³-hybridized carbons (Fsp3) is 0.764. The van der Waals surface area contributed by atoms with Gasteiger partial charge in [0, 0.05) is 6.42 Å². The molecule has 0 aliphatic heterocycles. The van der Waals surface area contributed by atoms with Gasteiger partial charge in [0.1, 0.15) is 0 Å². The van der Waals surface area contributed by atoms with Crippen LogP contribution >= 0.6 is 0 Å². The minimum atomic E-state index is -0.658. The van der Waals surface area contributed by atoms with Crippen molar-refractivity contribution < 1.29 is 15.0 Å². The molecule has 0 aromatic rings. The van der Waals surface area contributed by atoms with Crippen LogP contribution in [0.25, 0.3) is 0 Å². The van der Waals surface area contributed by atoms with Crippen LogP contribution in [0, 0.1) is 0 Å². The number of nitrogens with one attached hydrogen (secondary N) is 1. The predicted molar refractivity (Wildman–Crippen MR) is 262 cm³/mol. The van der Waals surface area contributed by atoms with E-state index in [1.54, 1.807) is 0 Å². The Morgan fingerprint density at radius 3 is 1.12 bits per heavy atom. The second-order valence-electron chi connectivity index (χ2n) is 17.2. The molecule has 0 fully saturated rings. The molecule has 0 bridgehead atoms. The molecule has 0 aliphatic carbocycles. The third-order valence-electron chi connectivity index (χ3n) is 11.5. The van der Waals surface area contributed by atoms with Gasteiger partial charge in [0.25, 0.3) is 0 Å². The molecular formula is C55H99NO3. The zero-order valence-electron chi connectivity index (χ0n) is 39.3. The first-order chi connectivity index (χ1) is 29.2. The summed E-state index contributed by atoms with van der Waals surface area (Å²) in [7, 11) is 0. The van der Waals surface area contributed by atoms with Crippen molar-refractivity contribution in [2.24, 2.45) is 0 Å². The fourth-order valence-electron chi connectivity index (χ4n) is 7.60. The van der Waals surface area contributed by atoms with E-state index >= 15 is 0 Å². The van der Waals surface area contributed by atoms with Gasteiger partial charge in [0.05, 0.1) is 18.8 Å². The number of rotatable bonds is 46. The molecule has 2 atom stereocenters. The molecule has 4 nitrogen and oxygen atoms in total. The van der Waals surface area contributed by atoms with Crippen LogP contribution in [0.1, 0.15) is 251 Å². The van der Waals surface area contributed by atoms with Crippen LogP contribution < -0.4 is 5.32 Å². The molecule has 0 heterocycles. The van der Waals surface area contributed by atoms with Crippen molar-refractivity contribution in [3.8, 4) is 0 Å². The maximum atomic E-state index is 12.4. The Labute approximate surface area is 368 Å². The molecule has 0 radical (unpaired) electrons. The number of carbonyl (C=O) groups excluding carboxylic acids is 1. The molecule has 342 valence electrons. The Morgan fingerprint density at radius 2 is 0.746 bits per heavy atom. The summed E-state index contributed by atoms with van der Waals surface area (Å²) >= 11 is 0. The highest BCUT2D eigenvalue weighted by atomic mass is 16.3. The predicted octanol–water partition coefficient (Wildman–Crippen LogP) is 16.6. The zero-order valence-corrected chi connectivity index (χ0v) is 39.3. The fourth-order valence-corrected chi connectivity index (χ4v) is 7.60. The van der Waals surface area contributed by atoms with Crippen LogP contribution in [0.15, 0.2) is 72.9 Å². The van der Waals surface area contributed by atoms with E-state index in [1.165, 1.54) is 161 Å². The number of unbranched alkanes of at least 4 members (excludes halogenated alkanes) is 27. The third kappa shape index (κ3) is 46.7. The Balaban J connectivity index is 3.44. The highest BCUT2D eigenvalue weighted by molar-refractivity contribution is 5.76. The van der Waals surface area contributed by atoms with Gasteiger partial charge in [-0.15, -0.1) is 0 Å². The molecule has 0 aromatic heterocycles. The van der Waals surface area contributed by atoms with Crippen molar-refractivity contribution in [2.45, 2.75) is 264 Å². The van der Waals surface area contributed by atoms with Gasteiger partial charge >= 0.3 is 0 Å². The van der Waals surface area contributed by atoms with E-state index in [0.29, 0.717) is 12.8 Å². The first kappa shape index (κ1) is 56.8. The van der Waals surface area contributed by atoms with Gasteiger partial charge in [-0.1, -0.05) is 254 Å². The number of carbonyl (C=O) groups is 1. The molecular weight excluding hydrogens is 723 g/mol. The number of amides is 1. The SMILES string of the molecule is CC/C=C\C/C=C\C/C=C\C/C=C\C/C=C\C/C=C\CCCCCCCCCCCCCCCCCCCCC(=O)NC(CO)C(O)CCCCCCCCCCCC. The molecule has 0 aliphatic rings. The number of aliphatic hydroxyl groups is 2. The van der Waals surface area contributed by atoms with E-state index in [2.05, 4.69) is 92.1 Å². The summed E-state index contributed by atoms with van der Waals surface area (Å²) in [5, 5.41) is 23.1. The molecule has 1 amide bonds. The summed E-state index contributed by atoms with van der Waals surface area (Å²) in [4.78, 5) is 12.4. The van der Waals surface area contributed by atoms with E-state index in [4.69, 9.17) is 0 Å². The van der Waals surface area contributed by atoms with Crippen molar-refractivity contribution in [3.63, 3.8) is 0 Å². The van der Waals surface area contributed by atoms with E-state index in [9.17, 15) is 15.0 Å². The first-order valence-corrected chi connectivity index (χ1v) is 25.6. The minimum absolute atomic E-state index is 0.0328. The van der Waals surface area contributed by atoms with E-state index in [0.717, 1.165) is 64.2 Å². The molecule has 0 rings (SSSR count). The van der Waals surface area contributed by atoms with Gasteiger partial charge in [0.15, 0.2) is 0 Å². The maximum absolute atomic E-state index is 12.4. The van der Waals surface area contributed by atoms with Crippen LogP contribution in [0.3, 0.4) is 0 Å². The second-order valence-corrected chi connectivity index (χ2v) is 17.2. The smallest absolute Gasteiger partial charge is 0.220 e. The zero-order chi connectivity index (χ0) is 42.8. The quantitative estimate of drug-likeness (QED) is 0.0423. The van der Waals surface area contributed by atoms with Gasteiger partial charge in [-0.2, -0.15) is 0 Å². The average Bonchev–Trinajstić information content (AvgIpc) is 3.24. The Hall–Kier alpha value is -2.17. The van der Waals surface area contributed by atoms with E-state index in [-0.39, 0.29) is 12.5 Å². The van der Waals surface area contributed by atoms with Gasteiger partial charge < -0.3 is 15.5 Å². The van der Waals surface area contributed by atoms with Gasteiger partial charge in [-0.25, -0.2) is 0 Å². The third-order valence-corrected chi connectivity index (χ3v) is 11.5. The highest BCUT2D eigenvalue weighted by Gasteiger charge is 2.20. The molecule has 0 saturated heterocycles. The topological polar surface area (TPSA) is 69.6 Å². The van der Waals surface area contributed by atoms with Crippen LogP contribution in [0.4, 0.5) is 0 Å². The summed E-state index contributed by atoms with van der Waals surface area (Å²) < 4.78 is 0. The number of aliphatic hydroxyl groups excluding tert-OH is 2. The Morgan fingerprint density at radius 1 is 0.424 bits per heavy atom. The lowest BCUT2D eigenvalue weighted by Gasteiger charge is -2.22. The summed E-state index contributed by atoms with van der Waals surface area (Å²) in [5.74, 6) is -0.0328. The minimum Gasteiger partial charge on any atom is -0.394 e. The van der Waals surface area contributed by atoms with E-state index < -0.39 is 12.1 Å².